The molecule has 0 radical (unpaired) electrons. The van der Waals surface area contributed by atoms with Gasteiger partial charge in [-0.15, -0.1) is 11.3 Å². The van der Waals surface area contributed by atoms with E-state index in [4.69, 9.17) is 9.47 Å². The van der Waals surface area contributed by atoms with Crippen molar-refractivity contribution in [2.45, 2.75) is 19.7 Å². The smallest absolute Gasteiger partial charge is 0.140 e. The molecule has 24 heavy (non-hydrogen) atoms. The van der Waals surface area contributed by atoms with Crippen LogP contribution in [0.25, 0.3) is 0 Å². The third kappa shape index (κ3) is 4.56. The first kappa shape index (κ1) is 16.5. The van der Waals surface area contributed by atoms with Crippen molar-refractivity contribution in [1.29, 1.82) is 0 Å². The number of thiazole rings is 1. The first-order chi connectivity index (χ1) is 11.7. The lowest BCUT2D eigenvalue weighted by molar-refractivity contribution is 0.304. The van der Waals surface area contributed by atoms with Crippen LogP contribution >= 0.6 is 11.3 Å². The number of methoxy groups -OCH3 is 1. The highest BCUT2D eigenvalue weighted by Gasteiger charge is 2.04. The van der Waals surface area contributed by atoms with E-state index >= 15 is 0 Å². The zero-order chi connectivity index (χ0) is 16.8. The highest BCUT2D eigenvalue weighted by atomic mass is 32.1. The Balaban J connectivity index is 1.44. The largest absolute Gasteiger partial charge is 0.497 e. The van der Waals surface area contributed by atoms with E-state index in [0.29, 0.717) is 6.61 Å². The number of nitrogens with one attached hydrogen (secondary N) is 1. The Labute approximate surface area is 145 Å². The van der Waals surface area contributed by atoms with Crippen LogP contribution in [0.4, 0.5) is 0 Å². The summed E-state index contributed by atoms with van der Waals surface area (Å²) in [6.45, 7) is 1.98. The maximum atomic E-state index is 5.74. The van der Waals surface area contributed by atoms with E-state index in [2.05, 4.69) is 20.8 Å². The quantitative estimate of drug-likeness (QED) is 0.681. The highest BCUT2D eigenvalue weighted by molar-refractivity contribution is 7.09. The van der Waals surface area contributed by atoms with Gasteiger partial charge in [-0.1, -0.05) is 0 Å². The third-order valence-corrected chi connectivity index (χ3v) is 4.29. The van der Waals surface area contributed by atoms with Crippen molar-refractivity contribution in [2.75, 3.05) is 7.11 Å². The second kappa shape index (κ2) is 7.94. The lowest BCUT2D eigenvalue weighted by Crippen LogP contribution is -2.12. The Kier molecular flexibility index (Phi) is 5.45. The van der Waals surface area contributed by atoms with E-state index in [1.807, 2.05) is 43.7 Å². The van der Waals surface area contributed by atoms with Crippen molar-refractivity contribution in [3.63, 3.8) is 0 Å². The monoisotopic (exact) mass is 344 g/mol. The Morgan fingerprint density at radius 3 is 2.67 bits per heavy atom. The maximum absolute atomic E-state index is 5.74. The molecule has 0 aliphatic rings. The summed E-state index contributed by atoms with van der Waals surface area (Å²) in [4.78, 5) is 4.58. The maximum Gasteiger partial charge on any atom is 0.140 e. The molecule has 6 nitrogen and oxygen atoms in total. The van der Waals surface area contributed by atoms with E-state index in [1.165, 1.54) is 0 Å². The molecule has 0 atom stereocenters. The third-order valence-electron chi connectivity index (χ3n) is 3.41. The van der Waals surface area contributed by atoms with Crippen molar-refractivity contribution in [3.05, 3.63) is 58.3 Å². The predicted octanol–water partition coefficient (Wildman–Crippen LogP) is 2.75. The Hall–Kier alpha value is -2.38. The highest BCUT2D eigenvalue weighted by Crippen LogP contribution is 2.19. The summed E-state index contributed by atoms with van der Waals surface area (Å²) in [6.07, 6.45) is 3.87. The SMILES string of the molecule is COc1ccc(OCc2nc(CNCc3cnn(C)c3)cs2)cc1. The summed E-state index contributed by atoms with van der Waals surface area (Å²) < 4.78 is 12.7. The molecule has 1 aromatic carbocycles. The molecule has 0 saturated heterocycles. The first-order valence-corrected chi connectivity index (χ1v) is 8.49. The molecule has 0 saturated carbocycles. The predicted molar refractivity (Wildman–Crippen MR) is 93.2 cm³/mol. The number of rotatable bonds is 8. The van der Waals surface area contributed by atoms with Gasteiger partial charge in [0.1, 0.15) is 23.1 Å². The minimum atomic E-state index is 0.472. The van der Waals surface area contributed by atoms with Gasteiger partial charge in [0.15, 0.2) is 0 Å². The summed E-state index contributed by atoms with van der Waals surface area (Å²) in [5.41, 5.74) is 2.19. The van der Waals surface area contributed by atoms with E-state index in [1.54, 1.807) is 23.1 Å². The van der Waals surface area contributed by atoms with Crippen LogP contribution in [0.2, 0.25) is 0 Å². The summed E-state index contributed by atoms with van der Waals surface area (Å²) in [6, 6.07) is 7.54. The van der Waals surface area contributed by atoms with Crippen LogP contribution in [0.5, 0.6) is 11.5 Å². The van der Waals surface area contributed by atoms with Crippen molar-refractivity contribution in [2.24, 2.45) is 7.05 Å². The molecular weight excluding hydrogens is 324 g/mol. The Bertz CT molecular complexity index is 767. The topological polar surface area (TPSA) is 61.2 Å². The second-order valence-electron chi connectivity index (χ2n) is 5.32. The molecule has 2 aromatic heterocycles. The lowest BCUT2D eigenvalue weighted by Gasteiger charge is -2.05. The first-order valence-electron chi connectivity index (χ1n) is 7.61. The zero-order valence-corrected chi connectivity index (χ0v) is 14.5. The van der Waals surface area contributed by atoms with Crippen LogP contribution in [0.15, 0.2) is 42.0 Å². The Morgan fingerprint density at radius 1 is 1.17 bits per heavy atom. The fourth-order valence-electron chi connectivity index (χ4n) is 2.21. The number of hydrogen-bond donors (Lipinski definition) is 1. The van der Waals surface area contributed by atoms with E-state index < -0.39 is 0 Å². The van der Waals surface area contributed by atoms with Crippen LogP contribution in [-0.4, -0.2) is 21.9 Å². The summed E-state index contributed by atoms with van der Waals surface area (Å²) >= 11 is 1.61. The zero-order valence-electron chi connectivity index (χ0n) is 13.7. The lowest BCUT2D eigenvalue weighted by atomic mass is 10.3. The van der Waals surface area contributed by atoms with Gasteiger partial charge in [-0.05, 0) is 24.3 Å². The van der Waals surface area contributed by atoms with Gasteiger partial charge in [-0.3, -0.25) is 4.68 Å². The van der Waals surface area contributed by atoms with Crippen molar-refractivity contribution < 1.29 is 9.47 Å². The normalized spacial score (nSPS) is 10.8. The standard InChI is InChI=1S/C17H20N4O2S/c1-21-10-13(8-19-21)7-18-9-14-12-24-17(20-14)11-23-16-5-3-15(22-2)4-6-16/h3-6,8,10,12,18H,7,9,11H2,1-2H3. The van der Waals surface area contributed by atoms with Crippen molar-refractivity contribution >= 4 is 11.3 Å². The molecule has 0 aliphatic carbocycles. The molecule has 7 heteroatoms. The molecular formula is C17H20N4O2S. The summed E-state index contributed by atoms with van der Waals surface area (Å²) in [5, 5.41) is 10.5. The number of hydrogen-bond acceptors (Lipinski definition) is 6. The van der Waals surface area contributed by atoms with E-state index in [-0.39, 0.29) is 0 Å². The van der Waals surface area contributed by atoms with Crippen LogP contribution in [0.3, 0.4) is 0 Å². The van der Waals surface area contributed by atoms with Crippen LogP contribution in [0, 0.1) is 0 Å². The number of ether oxygens (including phenoxy) is 2. The molecule has 0 amide bonds. The molecule has 0 fully saturated rings. The van der Waals surface area contributed by atoms with E-state index in [9.17, 15) is 0 Å². The van der Waals surface area contributed by atoms with Crippen molar-refractivity contribution in [1.82, 2.24) is 20.1 Å². The van der Waals surface area contributed by atoms with Crippen LogP contribution < -0.4 is 14.8 Å². The molecule has 3 rings (SSSR count). The fourth-order valence-corrected chi connectivity index (χ4v) is 2.92. The van der Waals surface area contributed by atoms with Crippen molar-refractivity contribution in [3.8, 4) is 11.5 Å². The average molecular weight is 344 g/mol. The van der Waals surface area contributed by atoms with Gasteiger partial charge in [0, 0.05) is 37.3 Å². The van der Waals surface area contributed by atoms with E-state index in [0.717, 1.165) is 40.9 Å². The van der Waals surface area contributed by atoms with Gasteiger partial charge in [0.05, 0.1) is 19.0 Å². The number of nitrogens with zero attached hydrogens (tertiary/aromatic N) is 3. The fraction of sp³-hybridized carbons (Fsp3) is 0.294. The molecule has 0 unspecified atom stereocenters. The average Bonchev–Trinajstić information content (AvgIpc) is 3.22. The van der Waals surface area contributed by atoms with Gasteiger partial charge < -0.3 is 14.8 Å². The number of aryl methyl sites for hydroxylation is 1. The molecule has 126 valence electrons. The minimum absolute atomic E-state index is 0.472. The number of aromatic nitrogens is 3. The van der Waals surface area contributed by atoms with Gasteiger partial charge in [0.25, 0.3) is 0 Å². The van der Waals surface area contributed by atoms with Crippen LogP contribution in [0.1, 0.15) is 16.3 Å². The summed E-state index contributed by atoms with van der Waals surface area (Å²) in [5.74, 6) is 1.63. The molecule has 2 heterocycles. The molecule has 0 bridgehead atoms. The second-order valence-corrected chi connectivity index (χ2v) is 6.27. The molecule has 0 aliphatic heterocycles. The van der Waals surface area contributed by atoms with Crippen LogP contribution in [-0.2, 0) is 26.7 Å². The van der Waals surface area contributed by atoms with Gasteiger partial charge in [0.2, 0.25) is 0 Å². The number of benzene rings is 1. The summed E-state index contributed by atoms with van der Waals surface area (Å²) in [7, 11) is 3.56. The molecule has 0 spiro atoms. The van der Waals surface area contributed by atoms with Gasteiger partial charge in [-0.2, -0.15) is 5.10 Å². The molecule has 3 aromatic rings. The van der Waals surface area contributed by atoms with Gasteiger partial charge >= 0.3 is 0 Å². The molecule has 1 N–H and O–H groups in total. The minimum Gasteiger partial charge on any atom is -0.497 e. The van der Waals surface area contributed by atoms with Gasteiger partial charge in [-0.25, -0.2) is 4.98 Å². The Morgan fingerprint density at radius 2 is 1.96 bits per heavy atom.